The number of aliphatic hydroxyl groups is 1. The Labute approximate surface area is 201 Å². The summed E-state index contributed by atoms with van der Waals surface area (Å²) in [6, 6.07) is 15.7. The highest BCUT2D eigenvalue weighted by molar-refractivity contribution is 5.79. The predicted molar refractivity (Wildman–Crippen MR) is 133 cm³/mol. The van der Waals surface area contributed by atoms with Gasteiger partial charge in [0, 0.05) is 24.9 Å². The lowest BCUT2D eigenvalue weighted by Crippen LogP contribution is -2.32. The van der Waals surface area contributed by atoms with Crippen LogP contribution in [0.25, 0.3) is 11.1 Å². The van der Waals surface area contributed by atoms with Crippen molar-refractivity contribution in [2.45, 2.75) is 64.0 Å². The van der Waals surface area contributed by atoms with E-state index in [9.17, 15) is 14.7 Å². The smallest absolute Gasteiger partial charge is 0.303 e. The molecule has 6 nitrogen and oxygen atoms in total. The van der Waals surface area contributed by atoms with Crippen molar-refractivity contribution in [2.24, 2.45) is 0 Å². The quantitative estimate of drug-likeness (QED) is 0.307. The summed E-state index contributed by atoms with van der Waals surface area (Å²) in [6.07, 6.45) is 7.72. The number of carboxylic acid groups (broad SMARTS) is 1. The van der Waals surface area contributed by atoms with Crippen LogP contribution in [0.4, 0.5) is 0 Å². The zero-order valence-electron chi connectivity index (χ0n) is 19.9. The van der Waals surface area contributed by atoms with Crippen LogP contribution >= 0.6 is 0 Å². The van der Waals surface area contributed by atoms with Crippen molar-refractivity contribution in [1.82, 2.24) is 4.90 Å². The van der Waals surface area contributed by atoms with Gasteiger partial charge >= 0.3 is 5.97 Å². The zero-order chi connectivity index (χ0) is 24.3. The number of hydrogen-bond acceptors (Lipinski definition) is 4. The topological polar surface area (TPSA) is 87.1 Å². The Balaban J connectivity index is 1.60. The number of carboxylic acids is 1. The molecule has 1 unspecified atom stereocenters. The van der Waals surface area contributed by atoms with E-state index in [1.807, 2.05) is 66.4 Å². The first kappa shape index (κ1) is 25.5. The van der Waals surface area contributed by atoms with Crippen LogP contribution in [-0.2, 0) is 9.59 Å². The summed E-state index contributed by atoms with van der Waals surface area (Å²) in [7, 11) is 0. The molecular formula is C28H35NO5. The second kappa shape index (κ2) is 12.9. The number of unbranched alkanes of at least 4 members (excludes halogenated alkanes) is 3. The molecule has 6 heteroatoms. The summed E-state index contributed by atoms with van der Waals surface area (Å²) in [5.41, 5.74) is 2.75. The number of ether oxygens (including phenoxy) is 1. The van der Waals surface area contributed by atoms with E-state index in [0.29, 0.717) is 26.0 Å². The van der Waals surface area contributed by atoms with Gasteiger partial charge < -0.3 is 19.8 Å². The van der Waals surface area contributed by atoms with Crippen molar-refractivity contribution >= 4 is 11.9 Å². The molecule has 2 N–H and O–H groups in total. The molecular weight excluding hydrogens is 430 g/mol. The van der Waals surface area contributed by atoms with Gasteiger partial charge in [0.25, 0.3) is 0 Å². The van der Waals surface area contributed by atoms with Crippen molar-refractivity contribution in [3.63, 3.8) is 0 Å². The van der Waals surface area contributed by atoms with E-state index in [1.54, 1.807) is 6.08 Å². The number of aliphatic carboxylic acids is 1. The Bertz CT molecular complexity index is 986. The Hall–Kier alpha value is -3.12. The number of carbonyl (C=O) groups is 2. The standard InChI is InChI=1S/C28H35NO5/c1-2-34-26-13-7-6-12-24(26)21-10-9-11-22(20-21)25(30)17-15-23-16-18-27(31)29(23)19-8-4-3-5-14-28(32)33/h6-7,9-13,15,17,20,23,25,30H,2-5,8,14,16,18-19H2,1H3,(H,32,33)/b17-15+/t23-,25?/m0/s1. The third kappa shape index (κ3) is 7.19. The molecule has 1 aliphatic rings. The molecule has 0 radical (unpaired) electrons. The highest BCUT2D eigenvalue weighted by Crippen LogP contribution is 2.32. The molecule has 2 aromatic carbocycles. The number of carbonyl (C=O) groups excluding carboxylic acids is 1. The van der Waals surface area contributed by atoms with Crippen LogP contribution in [0.2, 0.25) is 0 Å². The fourth-order valence-corrected chi connectivity index (χ4v) is 4.38. The average Bonchev–Trinajstić information content (AvgIpc) is 3.19. The Morgan fingerprint density at radius 2 is 1.94 bits per heavy atom. The van der Waals surface area contributed by atoms with Crippen molar-refractivity contribution in [1.29, 1.82) is 0 Å². The molecule has 1 heterocycles. The zero-order valence-corrected chi connectivity index (χ0v) is 19.9. The van der Waals surface area contributed by atoms with Gasteiger partial charge in [0.2, 0.25) is 5.91 Å². The minimum absolute atomic E-state index is 0.0111. The maximum absolute atomic E-state index is 12.3. The fraction of sp³-hybridized carbons (Fsp3) is 0.429. The molecule has 0 bridgehead atoms. The Morgan fingerprint density at radius 1 is 1.15 bits per heavy atom. The number of benzene rings is 2. The average molecular weight is 466 g/mol. The van der Waals surface area contributed by atoms with Gasteiger partial charge in [0.15, 0.2) is 0 Å². The Kier molecular flexibility index (Phi) is 9.71. The van der Waals surface area contributed by atoms with Crippen LogP contribution in [0.3, 0.4) is 0 Å². The monoisotopic (exact) mass is 465 g/mol. The molecule has 182 valence electrons. The lowest BCUT2D eigenvalue weighted by molar-refractivity contribution is -0.137. The van der Waals surface area contributed by atoms with Crippen molar-refractivity contribution < 1.29 is 24.5 Å². The minimum atomic E-state index is -0.771. The molecule has 0 aliphatic carbocycles. The first-order chi connectivity index (χ1) is 16.5. The lowest BCUT2D eigenvalue weighted by atomic mass is 9.99. The normalized spacial score (nSPS) is 16.8. The Morgan fingerprint density at radius 3 is 2.74 bits per heavy atom. The van der Waals surface area contributed by atoms with Crippen molar-refractivity contribution in [2.75, 3.05) is 13.2 Å². The van der Waals surface area contributed by atoms with Gasteiger partial charge in [-0.1, -0.05) is 61.4 Å². The van der Waals surface area contributed by atoms with Gasteiger partial charge in [-0.15, -0.1) is 0 Å². The van der Waals surface area contributed by atoms with Crippen LogP contribution in [0.5, 0.6) is 5.75 Å². The van der Waals surface area contributed by atoms with Gasteiger partial charge in [0.1, 0.15) is 5.75 Å². The van der Waals surface area contributed by atoms with E-state index in [4.69, 9.17) is 9.84 Å². The maximum atomic E-state index is 12.3. The molecule has 1 fully saturated rings. The first-order valence-electron chi connectivity index (χ1n) is 12.2. The molecule has 34 heavy (non-hydrogen) atoms. The first-order valence-corrected chi connectivity index (χ1v) is 12.2. The van der Waals surface area contributed by atoms with Crippen molar-refractivity contribution in [3.8, 4) is 16.9 Å². The number of nitrogens with zero attached hydrogens (tertiary/aromatic N) is 1. The molecule has 2 aromatic rings. The fourth-order valence-electron chi connectivity index (χ4n) is 4.38. The number of rotatable bonds is 13. The number of aliphatic hydroxyl groups excluding tert-OH is 1. The summed E-state index contributed by atoms with van der Waals surface area (Å²) in [4.78, 5) is 24.8. The van der Waals surface area contributed by atoms with Crippen LogP contribution in [0.15, 0.2) is 60.7 Å². The van der Waals surface area contributed by atoms with E-state index in [2.05, 4.69) is 0 Å². The molecule has 1 amide bonds. The highest BCUT2D eigenvalue weighted by Gasteiger charge is 2.28. The summed E-state index contributed by atoms with van der Waals surface area (Å²) < 4.78 is 5.75. The molecule has 0 spiro atoms. The summed E-state index contributed by atoms with van der Waals surface area (Å²) in [5.74, 6) is 0.196. The van der Waals surface area contributed by atoms with Gasteiger partial charge in [-0.2, -0.15) is 0 Å². The second-order valence-electron chi connectivity index (χ2n) is 8.64. The van der Waals surface area contributed by atoms with Gasteiger partial charge in [-0.3, -0.25) is 9.59 Å². The third-order valence-electron chi connectivity index (χ3n) is 6.16. The molecule has 1 saturated heterocycles. The summed E-state index contributed by atoms with van der Waals surface area (Å²) in [5, 5.41) is 19.5. The third-order valence-corrected chi connectivity index (χ3v) is 6.16. The van der Waals surface area contributed by atoms with Gasteiger partial charge in [-0.05, 0) is 49.4 Å². The number of para-hydroxylation sites is 1. The summed E-state index contributed by atoms with van der Waals surface area (Å²) >= 11 is 0. The van der Waals surface area contributed by atoms with Crippen LogP contribution in [0, 0.1) is 0 Å². The molecule has 0 saturated carbocycles. The lowest BCUT2D eigenvalue weighted by Gasteiger charge is -2.22. The van der Waals surface area contributed by atoms with E-state index in [1.165, 1.54) is 0 Å². The largest absolute Gasteiger partial charge is 0.493 e. The molecule has 1 aliphatic heterocycles. The number of amides is 1. The molecule has 0 aromatic heterocycles. The summed E-state index contributed by atoms with van der Waals surface area (Å²) in [6.45, 7) is 3.21. The minimum Gasteiger partial charge on any atom is -0.493 e. The van der Waals surface area contributed by atoms with E-state index < -0.39 is 12.1 Å². The van der Waals surface area contributed by atoms with E-state index in [-0.39, 0.29) is 18.4 Å². The highest BCUT2D eigenvalue weighted by atomic mass is 16.5. The predicted octanol–water partition coefficient (Wildman–Crippen LogP) is 5.37. The van der Waals surface area contributed by atoms with E-state index in [0.717, 1.165) is 48.1 Å². The molecule has 3 rings (SSSR count). The van der Waals surface area contributed by atoms with E-state index >= 15 is 0 Å². The maximum Gasteiger partial charge on any atom is 0.303 e. The van der Waals surface area contributed by atoms with Crippen LogP contribution in [-0.4, -0.2) is 46.2 Å². The van der Waals surface area contributed by atoms with Gasteiger partial charge in [0.05, 0.1) is 18.8 Å². The SMILES string of the molecule is CCOc1ccccc1-c1cccc(C(O)/C=C/[C@H]2CCC(=O)N2CCCCCCC(=O)O)c1. The number of likely N-dealkylation sites (tertiary alicyclic amines) is 1. The van der Waals surface area contributed by atoms with Crippen molar-refractivity contribution in [3.05, 3.63) is 66.2 Å². The van der Waals surface area contributed by atoms with Crippen LogP contribution in [0.1, 0.15) is 63.5 Å². The number of hydrogen-bond donors (Lipinski definition) is 2. The second-order valence-corrected chi connectivity index (χ2v) is 8.64. The van der Waals surface area contributed by atoms with Gasteiger partial charge in [-0.25, -0.2) is 0 Å². The van der Waals surface area contributed by atoms with Crippen LogP contribution < -0.4 is 4.74 Å². The molecule has 2 atom stereocenters.